The van der Waals surface area contributed by atoms with Gasteiger partial charge in [0.05, 0.1) is 25.7 Å². The molecule has 0 aliphatic carbocycles. The number of carboxylic acid groups (broad SMARTS) is 1. The third-order valence-corrected chi connectivity index (χ3v) is 3.27. The fraction of sp³-hybridized carbons (Fsp3) is 0.462. The molecule has 0 amide bonds. The molecule has 1 N–H and O–H groups in total. The molecule has 2 rings (SSSR count). The molecule has 4 nitrogen and oxygen atoms in total. The molecule has 1 fully saturated rings. The van der Waals surface area contributed by atoms with Crippen LogP contribution in [0.5, 0.6) is 0 Å². The van der Waals surface area contributed by atoms with Crippen LogP contribution >= 0.6 is 0 Å². The Kier molecular flexibility index (Phi) is 4.55. The maximum absolute atomic E-state index is 13.7. The number of carboxylic acids is 1. The molecule has 0 radical (unpaired) electrons. The monoisotopic (exact) mass is 325 g/mol. The van der Waals surface area contributed by atoms with Gasteiger partial charge in [0.1, 0.15) is 17.2 Å². The molecular formula is C13H12F5NO3. The van der Waals surface area contributed by atoms with Gasteiger partial charge in [-0.15, -0.1) is 0 Å². The van der Waals surface area contributed by atoms with Crippen molar-refractivity contribution in [1.82, 2.24) is 0 Å². The highest BCUT2D eigenvalue weighted by Gasteiger charge is 2.37. The standard InChI is InChI=1S/C13H12F5NO3/c14-9-3-7(4-10(15)11(9)12(20)21)19-1-2-22-6-8(19)5-13(16,17)18/h3-4,8H,1-2,5-6H2,(H,20,21)/t8-/m0/s1. The van der Waals surface area contributed by atoms with E-state index >= 15 is 0 Å². The molecule has 1 heterocycles. The Balaban J connectivity index is 2.34. The van der Waals surface area contributed by atoms with Crippen LogP contribution in [0.1, 0.15) is 16.8 Å². The van der Waals surface area contributed by atoms with Crippen LogP contribution in [0.25, 0.3) is 0 Å². The molecule has 1 aromatic rings. The lowest BCUT2D eigenvalue weighted by atomic mass is 10.1. The fourth-order valence-corrected chi connectivity index (χ4v) is 2.36. The van der Waals surface area contributed by atoms with E-state index < -0.39 is 41.8 Å². The van der Waals surface area contributed by atoms with Crippen molar-refractivity contribution < 1.29 is 36.6 Å². The first kappa shape index (κ1) is 16.5. The van der Waals surface area contributed by atoms with Crippen LogP contribution in [-0.2, 0) is 4.74 Å². The molecule has 22 heavy (non-hydrogen) atoms. The molecule has 9 heteroatoms. The predicted octanol–water partition coefficient (Wildman–Crippen LogP) is 2.82. The van der Waals surface area contributed by atoms with Crippen LogP contribution in [0.4, 0.5) is 27.6 Å². The highest BCUT2D eigenvalue weighted by atomic mass is 19.4. The summed E-state index contributed by atoms with van der Waals surface area (Å²) < 4.78 is 70.0. The zero-order valence-electron chi connectivity index (χ0n) is 11.2. The molecule has 1 aliphatic heterocycles. The number of rotatable bonds is 3. The molecular weight excluding hydrogens is 313 g/mol. The first-order valence-corrected chi connectivity index (χ1v) is 6.32. The Morgan fingerprint density at radius 2 is 1.91 bits per heavy atom. The van der Waals surface area contributed by atoms with Crippen LogP contribution in [0, 0.1) is 11.6 Å². The number of benzene rings is 1. The van der Waals surface area contributed by atoms with E-state index in [-0.39, 0.29) is 25.4 Å². The first-order chi connectivity index (χ1) is 10.2. The van der Waals surface area contributed by atoms with E-state index in [1.54, 1.807) is 0 Å². The average molecular weight is 325 g/mol. The summed E-state index contributed by atoms with van der Waals surface area (Å²) in [5.74, 6) is -4.45. The molecule has 1 atom stereocenters. The minimum atomic E-state index is -4.46. The van der Waals surface area contributed by atoms with Crippen molar-refractivity contribution in [3.8, 4) is 0 Å². The van der Waals surface area contributed by atoms with Gasteiger partial charge < -0.3 is 14.7 Å². The van der Waals surface area contributed by atoms with Crippen molar-refractivity contribution >= 4 is 11.7 Å². The number of ether oxygens (including phenoxy) is 1. The molecule has 122 valence electrons. The van der Waals surface area contributed by atoms with Crippen LogP contribution < -0.4 is 4.90 Å². The number of hydrogen-bond donors (Lipinski definition) is 1. The SMILES string of the molecule is O=C(O)c1c(F)cc(N2CCOC[C@@H]2CC(F)(F)F)cc1F. The van der Waals surface area contributed by atoms with Gasteiger partial charge >= 0.3 is 12.1 Å². The lowest BCUT2D eigenvalue weighted by Crippen LogP contribution is -2.47. The second kappa shape index (κ2) is 6.07. The van der Waals surface area contributed by atoms with Gasteiger partial charge in [-0.05, 0) is 12.1 Å². The smallest absolute Gasteiger partial charge is 0.391 e. The van der Waals surface area contributed by atoms with Gasteiger partial charge in [0.2, 0.25) is 0 Å². The van der Waals surface area contributed by atoms with Crippen LogP contribution in [0.15, 0.2) is 12.1 Å². The van der Waals surface area contributed by atoms with Crippen molar-refractivity contribution in [3.05, 3.63) is 29.3 Å². The molecule has 0 bridgehead atoms. The largest absolute Gasteiger partial charge is 0.477 e. The van der Waals surface area contributed by atoms with Crippen molar-refractivity contribution in [1.29, 1.82) is 0 Å². The lowest BCUT2D eigenvalue weighted by molar-refractivity contribution is -0.143. The van der Waals surface area contributed by atoms with Crippen LogP contribution in [0.3, 0.4) is 0 Å². The van der Waals surface area contributed by atoms with Gasteiger partial charge in [0.15, 0.2) is 0 Å². The number of aromatic carboxylic acids is 1. The molecule has 0 spiro atoms. The zero-order valence-corrected chi connectivity index (χ0v) is 11.2. The Bertz CT molecular complexity index is 552. The Morgan fingerprint density at radius 1 is 1.32 bits per heavy atom. The van der Waals surface area contributed by atoms with Gasteiger partial charge in [-0.25, -0.2) is 13.6 Å². The summed E-state index contributed by atoms with van der Waals surface area (Å²) in [6, 6.07) is 0.325. The summed E-state index contributed by atoms with van der Waals surface area (Å²) in [4.78, 5) is 11.9. The van der Waals surface area contributed by atoms with Crippen molar-refractivity contribution in [2.24, 2.45) is 0 Å². The summed E-state index contributed by atoms with van der Waals surface area (Å²) in [6.07, 6.45) is -5.65. The fourth-order valence-electron chi connectivity index (χ4n) is 2.36. The quantitative estimate of drug-likeness (QED) is 0.868. The highest BCUT2D eigenvalue weighted by molar-refractivity contribution is 5.88. The van der Waals surface area contributed by atoms with E-state index in [1.807, 2.05) is 0 Å². The van der Waals surface area contributed by atoms with E-state index in [9.17, 15) is 26.7 Å². The van der Waals surface area contributed by atoms with Crippen LogP contribution in [-0.4, -0.2) is 43.1 Å². The summed E-state index contributed by atoms with van der Waals surface area (Å²) >= 11 is 0. The maximum atomic E-state index is 13.7. The molecule has 0 unspecified atom stereocenters. The van der Waals surface area contributed by atoms with Crippen molar-refractivity contribution in [3.63, 3.8) is 0 Å². The Labute approximate surface area is 122 Å². The van der Waals surface area contributed by atoms with E-state index in [4.69, 9.17) is 9.84 Å². The molecule has 1 saturated heterocycles. The van der Waals surface area contributed by atoms with Gasteiger partial charge in [0.25, 0.3) is 0 Å². The summed E-state index contributed by atoms with van der Waals surface area (Å²) in [5.41, 5.74) is -1.28. The minimum Gasteiger partial charge on any atom is -0.477 e. The number of nitrogens with zero attached hydrogens (tertiary/aromatic N) is 1. The minimum absolute atomic E-state index is 0.0199. The summed E-state index contributed by atoms with van der Waals surface area (Å²) in [6.45, 7) is -0.103. The average Bonchev–Trinajstić information content (AvgIpc) is 2.35. The normalized spacial score (nSPS) is 19.3. The second-order valence-corrected chi connectivity index (χ2v) is 4.83. The van der Waals surface area contributed by atoms with E-state index in [0.29, 0.717) is 0 Å². The topological polar surface area (TPSA) is 49.8 Å². The Hall–Kier alpha value is -1.90. The molecule has 1 aromatic carbocycles. The number of anilines is 1. The Morgan fingerprint density at radius 3 is 2.41 bits per heavy atom. The number of hydrogen-bond acceptors (Lipinski definition) is 3. The molecule has 1 aliphatic rings. The third-order valence-electron chi connectivity index (χ3n) is 3.27. The molecule has 0 aromatic heterocycles. The van der Waals surface area contributed by atoms with E-state index in [0.717, 1.165) is 12.1 Å². The van der Waals surface area contributed by atoms with Gasteiger partial charge in [-0.2, -0.15) is 13.2 Å². The van der Waals surface area contributed by atoms with E-state index in [2.05, 4.69) is 0 Å². The number of carbonyl (C=O) groups is 1. The van der Waals surface area contributed by atoms with Gasteiger partial charge in [-0.3, -0.25) is 0 Å². The molecule has 0 saturated carbocycles. The number of halogens is 5. The van der Waals surface area contributed by atoms with Crippen molar-refractivity contribution in [2.45, 2.75) is 18.6 Å². The summed E-state index contributed by atoms with van der Waals surface area (Å²) in [7, 11) is 0. The van der Waals surface area contributed by atoms with Crippen LogP contribution in [0.2, 0.25) is 0 Å². The van der Waals surface area contributed by atoms with Gasteiger partial charge in [-0.1, -0.05) is 0 Å². The highest BCUT2D eigenvalue weighted by Crippen LogP contribution is 2.30. The van der Waals surface area contributed by atoms with E-state index in [1.165, 1.54) is 4.90 Å². The number of alkyl halides is 3. The second-order valence-electron chi connectivity index (χ2n) is 4.83. The first-order valence-electron chi connectivity index (χ1n) is 6.32. The lowest BCUT2D eigenvalue weighted by Gasteiger charge is -2.37. The zero-order chi connectivity index (χ0) is 16.5. The van der Waals surface area contributed by atoms with Gasteiger partial charge in [0, 0.05) is 12.2 Å². The third kappa shape index (κ3) is 3.65. The summed E-state index contributed by atoms with van der Waals surface area (Å²) in [5, 5.41) is 8.69. The number of morpholine rings is 1. The maximum Gasteiger partial charge on any atom is 0.391 e. The predicted molar refractivity (Wildman–Crippen MR) is 65.9 cm³/mol. The van der Waals surface area contributed by atoms with Crippen molar-refractivity contribution in [2.75, 3.05) is 24.7 Å².